The van der Waals surface area contributed by atoms with Gasteiger partial charge < -0.3 is 5.32 Å². The van der Waals surface area contributed by atoms with Crippen LogP contribution in [0.25, 0.3) is 0 Å². The summed E-state index contributed by atoms with van der Waals surface area (Å²) in [5.41, 5.74) is 1.22. The summed E-state index contributed by atoms with van der Waals surface area (Å²) in [4.78, 5) is 4.06. The van der Waals surface area contributed by atoms with Crippen molar-refractivity contribution in [1.29, 1.82) is 0 Å². The van der Waals surface area contributed by atoms with Crippen molar-refractivity contribution >= 4 is 24.8 Å². The summed E-state index contributed by atoms with van der Waals surface area (Å²) in [6, 6.07) is 8.61. The highest BCUT2D eigenvalue weighted by Crippen LogP contribution is 2.31. The van der Waals surface area contributed by atoms with E-state index in [0.29, 0.717) is 11.4 Å². The van der Waals surface area contributed by atoms with Crippen LogP contribution in [0.4, 0.5) is 24.5 Å². The zero-order chi connectivity index (χ0) is 13.2. The van der Waals surface area contributed by atoms with E-state index >= 15 is 0 Å². The molecule has 2 aromatic rings. The van der Waals surface area contributed by atoms with Crippen molar-refractivity contribution in [2.75, 3.05) is 5.32 Å². The summed E-state index contributed by atoms with van der Waals surface area (Å²) in [5.74, 6) is 0. The first kappa shape index (κ1) is 12.5. The number of anilines is 2. The molecule has 0 amide bonds. The number of benzene rings is 1. The largest absolute Gasteiger partial charge is 0.416 e. The molecule has 0 atom stereocenters. The van der Waals surface area contributed by atoms with Crippen molar-refractivity contribution in [3.63, 3.8) is 0 Å². The molecule has 2 nitrogen and oxygen atoms in total. The van der Waals surface area contributed by atoms with Gasteiger partial charge in [0.25, 0.3) is 0 Å². The maximum absolute atomic E-state index is 12.5. The number of nitrogens with zero attached hydrogens (tertiary/aromatic N) is 1. The fourth-order valence-corrected chi connectivity index (χ4v) is 1.48. The predicted molar refractivity (Wildman–Crippen MR) is 67.1 cm³/mol. The van der Waals surface area contributed by atoms with Crippen molar-refractivity contribution < 1.29 is 13.2 Å². The molecule has 0 saturated carbocycles. The van der Waals surface area contributed by atoms with Crippen molar-refractivity contribution in [1.82, 2.24) is 4.98 Å². The first-order valence-electron chi connectivity index (χ1n) is 5.32. The van der Waals surface area contributed by atoms with E-state index in [4.69, 9.17) is 0 Å². The quantitative estimate of drug-likeness (QED) is 0.825. The summed E-state index contributed by atoms with van der Waals surface area (Å²) in [7, 11) is 1.84. The monoisotopic (exact) mass is 250 g/mol. The number of aromatic nitrogens is 1. The second-order valence-corrected chi connectivity index (χ2v) is 3.89. The number of rotatable bonds is 2. The Balaban J connectivity index is 2.22. The highest BCUT2D eigenvalue weighted by atomic mass is 19.4. The smallest absolute Gasteiger partial charge is 0.354 e. The molecule has 1 aromatic heterocycles. The Bertz CT molecular complexity index is 538. The van der Waals surface area contributed by atoms with E-state index in [9.17, 15) is 13.2 Å². The summed E-state index contributed by atoms with van der Waals surface area (Å²) in [6.45, 7) is 0. The van der Waals surface area contributed by atoms with Gasteiger partial charge in [0.15, 0.2) is 7.85 Å². The Hall–Kier alpha value is -1.98. The molecule has 0 aliphatic carbocycles. The first-order valence-corrected chi connectivity index (χ1v) is 5.32. The molecule has 0 aliphatic rings. The predicted octanol–water partition coefficient (Wildman–Crippen LogP) is 2.10. The van der Waals surface area contributed by atoms with Crippen molar-refractivity contribution in [3.8, 4) is 0 Å². The minimum Gasteiger partial charge on any atom is -0.354 e. The van der Waals surface area contributed by atoms with Crippen molar-refractivity contribution in [3.05, 3.63) is 48.2 Å². The van der Waals surface area contributed by atoms with Gasteiger partial charge in [-0.2, -0.15) is 13.2 Å². The normalized spacial score (nSPS) is 11.3. The number of hydrogen-bond donors (Lipinski definition) is 1. The van der Waals surface area contributed by atoms with Crippen LogP contribution >= 0.6 is 0 Å². The van der Waals surface area contributed by atoms with E-state index in [0.717, 1.165) is 17.7 Å². The summed E-state index contributed by atoms with van der Waals surface area (Å²) >= 11 is 0. The van der Waals surface area contributed by atoms with E-state index in [1.807, 2.05) is 7.85 Å². The third-order valence-electron chi connectivity index (χ3n) is 2.39. The van der Waals surface area contributed by atoms with Gasteiger partial charge >= 0.3 is 6.18 Å². The minimum absolute atomic E-state index is 0.385. The lowest BCUT2D eigenvalue weighted by Gasteiger charge is -2.10. The van der Waals surface area contributed by atoms with Gasteiger partial charge in [-0.05, 0) is 35.9 Å². The Morgan fingerprint density at radius 1 is 1.06 bits per heavy atom. The molecule has 18 heavy (non-hydrogen) atoms. The minimum atomic E-state index is -4.33. The lowest BCUT2D eigenvalue weighted by atomic mass is 10.0. The third-order valence-corrected chi connectivity index (χ3v) is 2.39. The van der Waals surface area contributed by atoms with Gasteiger partial charge in [0, 0.05) is 11.9 Å². The average molecular weight is 250 g/mol. The van der Waals surface area contributed by atoms with E-state index in [1.54, 1.807) is 24.4 Å². The van der Waals surface area contributed by atoms with Crippen molar-refractivity contribution in [2.24, 2.45) is 0 Å². The molecule has 0 unspecified atom stereocenters. The van der Waals surface area contributed by atoms with E-state index in [1.165, 1.54) is 6.07 Å². The number of nitrogens with one attached hydrogen (secondary N) is 1. The average Bonchev–Trinajstić information content (AvgIpc) is 2.31. The topological polar surface area (TPSA) is 24.9 Å². The Kier molecular flexibility index (Phi) is 3.27. The Labute approximate surface area is 103 Å². The third kappa shape index (κ3) is 3.03. The Morgan fingerprint density at radius 3 is 2.44 bits per heavy atom. The highest BCUT2D eigenvalue weighted by Gasteiger charge is 2.30. The molecular formula is C12H10BF3N2. The molecule has 0 saturated heterocycles. The molecule has 1 N–H and O–H groups in total. The van der Waals surface area contributed by atoms with Crippen LogP contribution in [0.3, 0.4) is 0 Å². The molecule has 6 heteroatoms. The maximum Gasteiger partial charge on any atom is 0.416 e. The van der Waals surface area contributed by atoms with Crippen LogP contribution in [0.5, 0.6) is 0 Å². The van der Waals surface area contributed by atoms with Gasteiger partial charge in [0.05, 0.1) is 11.3 Å². The molecule has 0 spiro atoms. The standard InChI is InChI=1S/C12H10BF3N2/c13-11-5-4-10(7-17-11)18-9-3-1-2-8(6-9)12(14,15)16/h1-7,18H,13H2. The highest BCUT2D eigenvalue weighted by molar-refractivity contribution is 6.30. The van der Waals surface area contributed by atoms with Gasteiger partial charge in [0.1, 0.15) is 0 Å². The molecule has 0 aliphatic heterocycles. The van der Waals surface area contributed by atoms with Crippen molar-refractivity contribution in [2.45, 2.75) is 6.18 Å². The van der Waals surface area contributed by atoms with Crippen LogP contribution < -0.4 is 10.9 Å². The molecule has 2 rings (SSSR count). The molecule has 0 fully saturated rings. The van der Waals surface area contributed by atoms with E-state index in [-0.39, 0.29) is 0 Å². The molecule has 1 aromatic carbocycles. The first-order chi connectivity index (χ1) is 8.45. The van der Waals surface area contributed by atoms with E-state index in [2.05, 4.69) is 10.3 Å². The van der Waals surface area contributed by atoms with Gasteiger partial charge in [-0.25, -0.2) is 0 Å². The second kappa shape index (κ2) is 4.72. The molecule has 0 bridgehead atoms. The number of halogens is 3. The molecule has 1 heterocycles. The van der Waals surface area contributed by atoms with Crippen LogP contribution in [-0.2, 0) is 6.18 Å². The molecular weight excluding hydrogens is 240 g/mol. The zero-order valence-electron chi connectivity index (χ0n) is 9.62. The summed E-state index contributed by atoms with van der Waals surface area (Å²) in [6.07, 6.45) is -2.75. The number of hydrogen-bond acceptors (Lipinski definition) is 2. The summed E-state index contributed by atoms with van der Waals surface area (Å²) < 4.78 is 37.6. The van der Waals surface area contributed by atoms with Gasteiger partial charge in [-0.3, -0.25) is 4.98 Å². The SMILES string of the molecule is Bc1ccc(Nc2cccc(C(F)(F)F)c2)cn1. The number of pyridine rings is 1. The second-order valence-electron chi connectivity index (χ2n) is 3.89. The molecule has 92 valence electrons. The van der Waals surface area contributed by atoms with Gasteiger partial charge in [0.2, 0.25) is 0 Å². The lowest BCUT2D eigenvalue weighted by molar-refractivity contribution is -0.137. The van der Waals surface area contributed by atoms with Gasteiger partial charge in [-0.15, -0.1) is 0 Å². The van der Waals surface area contributed by atoms with Crippen LogP contribution in [0.1, 0.15) is 5.56 Å². The van der Waals surface area contributed by atoms with E-state index < -0.39 is 11.7 Å². The van der Waals surface area contributed by atoms with Crippen LogP contribution in [0.2, 0.25) is 0 Å². The Morgan fingerprint density at radius 2 is 1.83 bits per heavy atom. The van der Waals surface area contributed by atoms with Crippen LogP contribution in [0, 0.1) is 0 Å². The zero-order valence-corrected chi connectivity index (χ0v) is 9.62. The molecule has 0 radical (unpaired) electrons. The fourth-order valence-electron chi connectivity index (χ4n) is 1.48. The lowest BCUT2D eigenvalue weighted by Crippen LogP contribution is -2.07. The van der Waals surface area contributed by atoms with Crippen LogP contribution in [0.15, 0.2) is 42.6 Å². The number of alkyl halides is 3. The summed E-state index contributed by atoms with van der Waals surface area (Å²) in [5, 5.41) is 2.88. The maximum atomic E-state index is 12.5. The fraction of sp³-hybridized carbons (Fsp3) is 0.0833. The van der Waals surface area contributed by atoms with Gasteiger partial charge in [-0.1, -0.05) is 6.07 Å². The van der Waals surface area contributed by atoms with Crippen LogP contribution in [-0.4, -0.2) is 12.8 Å².